The molecule has 3 aromatic heterocycles. The fraction of sp³-hybridized carbons (Fsp3) is 0.333. The average molecular weight is 412 g/mol. The summed E-state index contributed by atoms with van der Waals surface area (Å²) in [5, 5.41) is 16.6. The van der Waals surface area contributed by atoms with E-state index < -0.39 is 0 Å². The number of benzene rings is 1. The minimum Gasteiger partial charge on any atom is -0.385 e. The molecule has 0 saturated carbocycles. The number of hydrogen-bond acceptors (Lipinski definition) is 6. The Morgan fingerprint density at radius 3 is 2.93 bits per heavy atom. The first-order valence-corrected chi connectivity index (χ1v) is 10.5. The predicted octanol–water partition coefficient (Wildman–Crippen LogP) is 2.75. The van der Waals surface area contributed by atoms with Gasteiger partial charge in [0, 0.05) is 37.1 Å². The molecule has 0 aliphatic heterocycles. The van der Waals surface area contributed by atoms with Crippen molar-refractivity contribution in [2.45, 2.75) is 19.5 Å². The molecule has 4 aromatic rings. The van der Waals surface area contributed by atoms with E-state index in [9.17, 15) is 4.79 Å². The van der Waals surface area contributed by atoms with Gasteiger partial charge in [-0.2, -0.15) is 5.10 Å². The number of thiophene rings is 1. The third-order valence-electron chi connectivity index (χ3n) is 4.94. The fourth-order valence-electron chi connectivity index (χ4n) is 3.55. The van der Waals surface area contributed by atoms with Crippen molar-refractivity contribution in [1.29, 1.82) is 0 Å². The Kier molecular flexibility index (Phi) is 6.05. The van der Waals surface area contributed by atoms with Gasteiger partial charge in [-0.05, 0) is 60.3 Å². The van der Waals surface area contributed by atoms with Crippen LogP contribution >= 0.6 is 11.3 Å². The van der Waals surface area contributed by atoms with Gasteiger partial charge in [-0.1, -0.05) is 12.1 Å². The number of pyridine rings is 1. The Balaban J connectivity index is 1.74. The van der Waals surface area contributed by atoms with Crippen LogP contribution in [0.5, 0.6) is 0 Å². The third-order valence-corrected chi connectivity index (χ3v) is 5.88. The molecule has 0 atom stereocenters. The van der Waals surface area contributed by atoms with Gasteiger partial charge in [0.15, 0.2) is 5.65 Å². The Morgan fingerprint density at radius 2 is 2.10 bits per heavy atom. The molecule has 152 valence electrons. The molecule has 0 bridgehead atoms. The topological polar surface area (TPSA) is 83.4 Å². The Labute approximate surface area is 172 Å². The van der Waals surface area contributed by atoms with Gasteiger partial charge < -0.3 is 15.4 Å². The van der Waals surface area contributed by atoms with Gasteiger partial charge in [-0.3, -0.25) is 0 Å². The zero-order chi connectivity index (χ0) is 20.2. The Morgan fingerprint density at radius 1 is 1.21 bits per heavy atom. The molecule has 8 heteroatoms. The van der Waals surface area contributed by atoms with Crippen LogP contribution in [0, 0.1) is 0 Å². The van der Waals surface area contributed by atoms with E-state index in [1.807, 2.05) is 13.1 Å². The van der Waals surface area contributed by atoms with Crippen LogP contribution in [0.1, 0.15) is 16.9 Å². The summed E-state index contributed by atoms with van der Waals surface area (Å²) < 4.78 is 6.75. The van der Waals surface area contributed by atoms with E-state index in [2.05, 4.69) is 50.5 Å². The maximum atomic E-state index is 12.4. The molecule has 1 aromatic carbocycles. The van der Waals surface area contributed by atoms with Crippen LogP contribution in [-0.2, 0) is 17.8 Å². The Hall–Kier alpha value is -2.52. The van der Waals surface area contributed by atoms with Crippen LogP contribution in [0.3, 0.4) is 0 Å². The number of ether oxygens (including phenoxy) is 1. The average Bonchev–Trinajstić information content (AvgIpc) is 3.34. The van der Waals surface area contributed by atoms with Crippen LogP contribution < -0.4 is 16.3 Å². The molecule has 0 aliphatic carbocycles. The van der Waals surface area contributed by atoms with Crippen LogP contribution in [0.25, 0.3) is 27.7 Å². The highest BCUT2D eigenvalue weighted by Crippen LogP contribution is 2.30. The molecule has 3 heterocycles. The summed E-state index contributed by atoms with van der Waals surface area (Å²) in [5.74, 6) is 0. The number of aromatic nitrogens is 3. The van der Waals surface area contributed by atoms with E-state index >= 15 is 0 Å². The highest BCUT2D eigenvalue weighted by atomic mass is 32.1. The molecule has 0 fully saturated rings. The van der Waals surface area contributed by atoms with Crippen molar-refractivity contribution in [3.63, 3.8) is 0 Å². The van der Waals surface area contributed by atoms with E-state index in [0.29, 0.717) is 12.2 Å². The molecule has 0 aliphatic rings. The first kappa shape index (κ1) is 19.8. The van der Waals surface area contributed by atoms with Crippen molar-refractivity contribution in [3.8, 4) is 11.1 Å². The summed E-state index contributed by atoms with van der Waals surface area (Å²) in [4.78, 5) is 13.7. The van der Waals surface area contributed by atoms with Crippen molar-refractivity contribution in [3.05, 3.63) is 56.6 Å². The van der Waals surface area contributed by atoms with E-state index in [1.54, 1.807) is 22.8 Å². The van der Waals surface area contributed by atoms with E-state index in [4.69, 9.17) is 4.74 Å². The predicted molar refractivity (Wildman–Crippen MR) is 118 cm³/mol. The third kappa shape index (κ3) is 4.11. The second-order valence-corrected chi connectivity index (χ2v) is 7.97. The molecular formula is C21H25N5O2S. The van der Waals surface area contributed by atoms with Gasteiger partial charge >= 0.3 is 5.69 Å². The van der Waals surface area contributed by atoms with E-state index in [1.165, 1.54) is 4.88 Å². The molecule has 7 nitrogen and oxygen atoms in total. The standard InChI is InChI=1S/C21H25N5O2S/c1-22-12-17-8-16(13-29-17)14-4-5-18-15(11-23-6-3-7-28-2)10-20-24-25-21(27)26(20)19(18)9-14/h4-5,8-10,13,22-23H,3,6-7,11-12H2,1-2H3,(H,25,27). The Bertz CT molecular complexity index is 1180. The molecular weight excluding hydrogens is 386 g/mol. The lowest BCUT2D eigenvalue weighted by Crippen LogP contribution is -2.17. The summed E-state index contributed by atoms with van der Waals surface area (Å²) in [7, 11) is 3.66. The van der Waals surface area contributed by atoms with Crippen molar-refractivity contribution >= 4 is 27.9 Å². The highest BCUT2D eigenvalue weighted by molar-refractivity contribution is 7.10. The van der Waals surface area contributed by atoms with Crippen LogP contribution in [-0.4, -0.2) is 41.9 Å². The van der Waals surface area contributed by atoms with Gasteiger partial charge in [0.1, 0.15) is 0 Å². The molecule has 3 N–H and O–H groups in total. The number of rotatable bonds is 9. The van der Waals surface area contributed by atoms with Gasteiger partial charge in [0.05, 0.1) is 5.52 Å². The van der Waals surface area contributed by atoms with Crippen LogP contribution in [0.2, 0.25) is 0 Å². The summed E-state index contributed by atoms with van der Waals surface area (Å²) in [6, 6.07) is 10.5. The summed E-state index contributed by atoms with van der Waals surface area (Å²) in [6.45, 7) is 3.17. The second-order valence-electron chi connectivity index (χ2n) is 6.98. The first-order chi connectivity index (χ1) is 14.2. The second kappa shape index (κ2) is 8.87. The number of aromatic amines is 1. The summed E-state index contributed by atoms with van der Waals surface area (Å²) >= 11 is 1.73. The fourth-order valence-corrected chi connectivity index (χ4v) is 4.46. The maximum Gasteiger partial charge on any atom is 0.348 e. The lowest BCUT2D eigenvalue weighted by Gasteiger charge is -2.11. The molecule has 0 amide bonds. The van der Waals surface area contributed by atoms with Crippen molar-refractivity contribution in [1.82, 2.24) is 25.2 Å². The zero-order valence-corrected chi connectivity index (χ0v) is 17.4. The number of fused-ring (bicyclic) bond motifs is 3. The molecule has 0 radical (unpaired) electrons. The maximum absolute atomic E-state index is 12.4. The number of methoxy groups -OCH3 is 1. The molecule has 0 unspecified atom stereocenters. The number of nitrogens with one attached hydrogen (secondary N) is 3. The van der Waals surface area contributed by atoms with Crippen molar-refractivity contribution in [2.75, 3.05) is 27.3 Å². The molecule has 0 spiro atoms. The van der Waals surface area contributed by atoms with E-state index in [0.717, 1.165) is 53.7 Å². The largest absolute Gasteiger partial charge is 0.385 e. The zero-order valence-electron chi connectivity index (χ0n) is 16.6. The minimum atomic E-state index is -0.219. The highest BCUT2D eigenvalue weighted by Gasteiger charge is 2.12. The van der Waals surface area contributed by atoms with Gasteiger partial charge in [0.25, 0.3) is 0 Å². The summed E-state index contributed by atoms with van der Waals surface area (Å²) in [5.41, 5.74) is 4.66. The number of nitrogens with zero attached hydrogens (tertiary/aromatic N) is 2. The lowest BCUT2D eigenvalue weighted by molar-refractivity contribution is 0.194. The number of H-pyrrole nitrogens is 1. The molecule has 0 saturated heterocycles. The normalized spacial score (nSPS) is 11.7. The van der Waals surface area contributed by atoms with Gasteiger partial charge in [-0.15, -0.1) is 11.3 Å². The minimum absolute atomic E-state index is 0.219. The smallest absolute Gasteiger partial charge is 0.348 e. The van der Waals surface area contributed by atoms with Gasteiger partial charge in [0.2, 0.25) is 0 Å². The van der Waals surface area contributed by atoms with Crippen LogP contribution in [0.4, 0.5) is 0 Å². The van der Waals surface area contributed by atoms with Crippen LogP contribution in [0.15, 0.2) is 40.5 Å². The molecule has 29 heavy (non-hydrogen) atoms. The SMILES string of the molecule is CNCc1cc(-c2ccc3c(CNCCCOC)cc4n[nH]c(=O)n4c3c2)cs1. The number of hydrogen-bond donors (Lipinski definition) is 3. The molecule has 4 rings (SSSR count). The monoisotopic (exact) mass is 411 g/mol. The van der Waals surface area contributed by atoms with Crippen molar-refractivity contribution < 1.29 is 4.74 Å². The van der Waals surface area contributed by atoms with Crippen molar-refractivity contribution in [2.24, 2.45) is 0 Å². The lowest BCUT2D eigenvalue weighted by atomic mass is 10.0. The quantitative estimate of drug-likeness (QED) is 0.369. The summed E-state index contributed by atoms with van der Waals surface area (Å²) in [6.07, 6.45) is 0.954. The first-order valence-electron chi connectivity index (χ1n) is 9.66. The van der Waals surface area contributed by atoms with Gasteiger partial charge in [-0.25, -0.2) is 14.3 Å². The van der Waals surface area contributed by atoms with E-state index in [-0.39, 0.29) is 5.69 Å².